The fraction of sp³-hybridized carbons (Fsp3) is 0.478. The standard InChI is InChI=1S/C23H25ClFN5O3/c24-16-11-13(25)1-4-17(16)29-10-9-23(22(29)33)7-5-15(6-8-23)30(14-2-3-14)21(32)19-18(20(26)31)27-12-28-19/h1,4,11-12,14-15H,2-3,5-10H2,(H2,26,31)(H,27,28)/t15-,23+. The van der Waals surface area contributed by atoms with E-state index in [0.717, 1.165) is 12.8 Å². The number of halogens is 2. The number of rotatable bonds is 5. The topological polar surface area (TPSA) is 112 Å². The number of benzene rings is 1. The molecule has 1 saturated heterocycles. The smallest absolute Gasteiger partial charge is 0.275 e. The number of aromatic nitrogens is 2. The van der Waals surface area contributed by atoms with Crippen LogP contribution < -0.4 is 10.6 Å². The van der Waals surface area contributed by atoms with Crippen LogP contribution in [0.3, 0.4) is 0 Å². The Bertz CT molecular complexity index is 1120. The van der Waals surface area contributed by atoms with E-state index in [-0.39, 0.29) is 40.3 Å². The third-order valence-corrected chi connectivity index (χ3v) is 7.58. The highest BCUT2D eigenvalue weighted by molar-refractivity contribution is 6.34. The number of primary amides is 1. The molecule has 3 N–H and O–H groups in total. The lowest BCUT2D eigenvalue weighted by Crippen LogP contribution is -2.47. The van der Waals surface area contributed by atoms with Crippen molar-refractivity contribution in [2.75, 3.05) is 11.4 Å². The molecule has 1 spiro atoms. The zero-order valence-electron chi connectivity index (χ0n) is 18.0. The van der Waals surface area contributed by atoms with Gasteiger partial charge in [0, 0.05) is 18.6 Å². The molecule has 10 heteroatoms. The van der Waals surface area contributed by atoms with Gasteiger partial charge >= 0.3 is 0 Å². The van der Waals surface area contributed by atoms with E-state index < -0.39 is 17.1 Å². The first-order valence-corrected chi connectivity index (χ1v) is 11.6. The molecule has 2 saturated carbocycles. The summed E-state index contributed by atoms with van der Waals surface area (Å²) in [6.45, 7) is 0.537. The molecule has 3 aliphatic rings. The SMILES string of the molecule is NC(=O)c1[nH]cnc1C(=O)N(C1CC1)[C@H]1CC[C@]2(CCN(c3ccc(F)cc3Cl)C2=O)CC1. The highest BCUT2D eigenvalue weighted by Gasteiger charge is 2.51. The Labute approximate surface area is 195 Å². The summed E-state index contributed by atoms with van der Waals surface area (Å²) in [6.07, 6.45) is 6.54. The first-order valence-electron chi connectivity index (χ1n) is 11.2. The number of hydrogen-bond donors (Lipinski definition) is 2. The van der Waals surface area contributed by atoms with Crippen molar-refractivity contribution in [1.82, 2.24) is 14.9 Å². The molecule has 1 aromatic carbocycles. The lowest BCUT2D eigenvalue weighted by atomic mass is 9.71. The predicted octanol–water partition coefficient (Wildman–Crippen LogP) is 3.27. The van der Waals surface area contributed by atoms with Crippen molar-refractivity contribution in [3.05, 3.63) is 46.8 Å². The van der Waals surface area contributed by atoms with E-state index in [1.807, 2.05) is 4.90 Å². The molecule has 3 amide bonds. The van der Waals surface area contributed by atoms with Gasteiger partial charge in [0.15, 0.2) is 5.69 Å². The van der Waals surface area contributed by atoms with Crippen molar-refractivity contribution < 1.29 is 18.8 Å². The second kappa shape index (κ2) is 8.13. The van der Waals surface area contributed by atoms with Crippen molar-refractivity contribution in [2.45, 2.75) is 57.0 Å². The van der Waals surface area contributed by atoms with Gasteiger partial charge in [0.1, 0.15) is 11.5 Å². The van der Waals surface area contributed by atoms with E-state index in [1.54, 1.807) is 11.0 Å². The summed E-state index contributed by atoms with van der Waals surface area (Å²) in [5, 5.41) is 0.226. The Morgan fingerprint density at radius 2 is 1.88 bits per heavy atom. The fourth-order valence-corrected chi connectivity index (χ4v) is 5.67. The fourth-order valence-electron chi connectivity index (χ4n) is 5.40. The Morgan fingerprint density at radius 3 is 2.52 bits per heavy atom. The maximum Gasteiger partial charge on any atom is 0.275 e. The molecular weight excluding hydrogens is 449 g/mol. The number of anilines is 1. The highest BCUT2D eigenvalue weighted by Crippen LogP contribution is 2.49. The van der Waals surface area contributed by atoms with Crippen LogP contribution in [0.1, 0.15) is 65.9 Å². The van der Waals surface area contributed by atoms with E-state index in [9.17, 15) is 18.8 Å². The van der Waals surface area contributed by atoms with Crippen molar-refractivity contribution in [3.63, 3.8) is 0 Å². The summed E-state index contributed by atoms with van der Waals surface area (Å²) in [5.74, 6) is -1.43. The molecule has 0 atom stereocenters. The number of H-pyrrole nitrogens is 1. The highest BCUT2D eigenvalue weighted by atomic mass is 35.5. The first kappa shape index (κ1) is 21.9. The Balaban J connectivity index is 1.31. The monoisotopic (exact) mass is 473 g/mol. The Kier molecular flexibility index (Phi) is 5.39. The minimum absolute atomic E-state index is 0.0158. The number of amides is 3. The van der Waals surface area contributed by atoms with Gasteiger partial charge in [-0.1, -0.05) is 11.6 Å². The molecule has 174 valence electrons. The van der Waals surface area contributed by atoms with Gasteiger partial charge in [0.25, 0.3) is 11.8 Å². The van der Waals surface area contributed by atoms with Crippen molar-refractivity contribution in [1.29, 1.82) is 0 Å². The third-order valence-electron chi connectivity index (χ3n) is 7.28. The van der Waals surface area contributed by atoms with E-state index in [2.05, 4.69) is 9.97 Å². The quantitative estimate of drug-likeness (QED) is 0.693. The van der Waals surface area contributed by atoms with Crippen LogP contribution in [0.4, 0.5) is 10.1 Å². The van der Waals surface area contributed by atoms with Gasteiger partial charge < -0.3 is 20.5 Å². The summed E-state index contributed by atoms with van der Waals surface area (Å²) >= 11 is 6.21. The Hall–Kier alpha value is -2.94. The van der Waals surface area contributed by atoms with Crippen LogP contribution in [-0.4, -0.2) is 51.2 Å². The molecule has 1 aliphatic heterocycles. The van der Waals surface area contributed by atoms with Crippen LogP contribution in [0, 0.1) is 11.2 Å². The summed E-state index contributed by atoms with van der Waals surface area (Å²) in [6, 6.07) is 4.19. The normalized spacial score (nSPS) is 25.0. The predicted molar refractivity (Wildman–Crippen MR) is 119 cm³/mol. The van der Waals surface area contributed by atoms with Gasteiger partial charge in [0.05, 0.1) is 22.5 Å². The molecule has 0 bridgehead atoms. The van der Waals surface area contributed by atoms with Crippen LogP contribution >= 0.6 is 11.6 Å². The number of hydrogen-bond acceptors (Lipinski definition) is 4. The largest absolute Gasteiger partial charge is 0.364 e. The van der Waals surface area contributed by atoms with Gasteiger partial charge in [-0.15, -0.1) is 0 Å². The van der Waals surface area contributed by atoms with Gasteiger partial charge in [0.2, 0.25) is 5.91 Å². The second-order valence-corrected chi connectivity index (χ2v) is 9.66. The van der Waals surface area contributed by atoms with Gasteiger partial charge in [-0.05, 0) is 63.1 Å². The van der Waals surface area contributed by atoms with Crippen LogP contribution in [-0.2, 0) is 4.79 Å². The van der Waals surface area contributed by atoms with E-state index in [0.29, 0.717) is 44.3 Å². The zero-order chi connectivity index (χ0) is 23.3. The summed E-state index contributed by atoms with van der Waals surface area (Å²) in [5.41, 5.74) is 5.52. The maximum absolute atomic E-state index is 13.5. The minimum atomic E-state index is -0.717. The number of imidazole rings is 1. The molecule has 3 fully saturated rings. The van der Waals surface area contributed by atoms with E-state index in [4.69, 9.17) is 17.3 Å². The average molecular weight is 474 g/mol. The molecule has 1 aromatic heterocycles. The average Bonchev–Trinajstić information content (AvgIpc) is 3.39. The lowest BCUT2D eigenvalue weighted by molar-refractivity contribution is -0.127. The first-order chi connectivity index (χ1) is 15.8. The molecule has 2 aliphatic carbocycles. The van der Waals surface area contributed by atoms with Crippen molar-refractivity contribution >= 4 is 35.0 Å². The van der Waals surface area contributed by atoms with Crippen molar-refractivity contribution in [3.8, 4) is 0 Å². The zero-order valence-corrected chi connectivity index (χ0v) is 18.8. The number of aromatic amines is 1. The van der Waals surface area contributed by atoms with Gasteiger partial charge in [-0.2, -0.15) is 0 Å². The van der Waals surface area contributed by atoms with Crippen LogP contribution in [0.2, 0.25) is 5.02 Å². The minimum Gasteiger partial charge on any atom is -0.364 e. The molecule has 2 aromatic rings. The summed E-state index contributed by atoms with van der Waals surface area (Å²) < 4.78 is 13.5. The van der Waals surface area contributed by atoms with Crippen LogP contribution in [0.25, 0.3) is 0 Å². The molecule has 8 nitrogen and oxygen atoms in total. The molecule has 0 unspecified atom stereocenters. The third kappa shape index (κ3) is 3.78. The van der Waals surface area contributed by atoms with Crippen LogP contribution in [0.5, 0.6) is 0 Å². The van der Waals surface area contributed by atoms with Gasteiger partial charge in [-0.3, -0.25) is 14.4 Å². The molecule has 33 heavy (non-hydrogen) atoms. The number of carbonyl (C=O) groups excluding carboxylic acids is 3. The number of nitrogens with zero attached hydrogens (tertiary/aromatic N) is 3. The maximum atomic E-state index is 13.5. The Morgan fingerprint density at radius 1 is 1.18 bits per heavy atom. The molecule has 2 heterocycles. The number of nitrogens with one attached hydrogen (secondary N) is 1. The van der Waals surface area contributed by atoms with E-state index >= 15 is 0 Å². The molecular formula is C23H25ClFN5O3. The summed E-state index contributed by atoms with van der Waals surface area (Å²) in [4.78, 5) is 48.6. The summed E-state index contributed by atoms with van der Waals surface area (Å²) in [7, 11) is 0. The lowest BCUT2D eigenvalue weighted by Gasteiger charge is -2.41. The van der Waals surface area contributed by atoms with Crippen molar-refractivity contribution in [2.24, 2.45) is 11.1 Å². The van der Waals surface area contributed by atoms with Gasteiger partial charge in [-0.25, -0.2) is 9.37 Å². The van der Waals surface area contributed by atoms with E-state index in [1.165, 1.54) is 18.5 Å². The molecule has 5 rings (SSSR count). The second-order valence-electron chi connectivity index (χ2n) is 9.25. The number of nitrogens with two attached hydrogens (primary N) is 1. The van der Waals surface area contributed by atoms with Crippen LogP contribution in [0.15, 0.2) is 24.5 Å². The number of carbonyl (C=O) groups is 3. The molecule has 0 radical (unpaired) electrons.